The van der Waals surface area contributed by atoms with Gasteiger partial charge in [0.2, 0.25) is 0 Å². The van der Waals surface area contributed by atoms with Crippen molar-refractivity contribution in [2.45, 2.75) is 26.8 Å². The van der Waals surface area contributed by atoms with Crippen molar-refractivity contribution in [3.63, 3.8) is 0 Å². The quantitative estimate of drug-likeness (QED) is 0.829. The Morgan fingerprint density at radius 1 is 1.50 bits per heavy atom. The maximum atomic E-state index is 4.41. The molecule has 1 heterocycles. The molecule has 0 radical (unpaired) electrons. The predicted octanol–water partition coefficient (Wildman–Crippen LogP) is 2.26. The largest absolute Gasteiger partial charge is 0.365 e. The molecule has 14 heavy (non-hydrogen) atoms. The van der Waals surface area contributed by atoms with Crippen LogP contribution in [0.3, 0.4) is 0 Å². The molecule has 0 aromatic carbocycles. The van der Waals surface area contributed by atoms with Gasteiger partial charge in [-0.05, 0) is 27.0 Å². The highest BCUT2D eigenvalue weighted by Gasteiger charge is 2.05. The molecule has 0 saturated heterocycles. The summed E-state index contributed by atoms with van der Waals surface area (Å²) in [5.74, 6) is 1.99. The minimum Gasteiger partial charge on any atom is -0.365 e. The summed E-state index contributed by atoms with van der Waals surface area (Å²) in [6.07, 6.45) is 3.90. The van der Waals surface area contributed by atoms with Crippen molar-refractivity contribution in [2.75, 3.05) is 17.3 Å². The van der Waals surface area contributed by atoms with Crippen molar-refractivity contribution in [3.8, 4) is 0 Å². The first-order valence-electron chi connectivity index (χ1n) is 4.69. The summed E-state index contributed by atoms with van der Waals surface area (Å²) in [5.41, 5.74) is 1.91. The molecule has 0 bridgehead atoms. The Kier molecular flexibility index (Phi) is 4.20. The fourth-order valence-electron chi connectivity index (χ4n) is 1.20. The Morgan fingerprint density at radius 2 is 2.21 bits per heavy atom. The second-order valence-corrected chi connectivity index (χ2v) is 4.36. The Morgan fingerprint density at radius 3 is 2.86 bits per heavy atom. The number of anilines is 1. The molecule has 0 aliphatic heterocycles. The van der Waals surface area contributed by atoms with Gasteiger partial charge in [-0.15, -0.1) is 0 Å². The van der Waals surface area contributed by atoms with Gasteiger partial charge in [-0.25, -0.2) is 4.98 Å². The fraction of sp³-hybridized carbons (Fsp3) is 0.600. The molecule has 3 nitrogen and oxygen atoms in total. The highest BCUT2D eigenvalue weighted by Crippen LogP contribution is 2.11. The van der Waals surface area contributed by atoms with E-state index in [4.69, 9.17) is 0 Å². The summed E-state index contributed by atoms with van der Waals surface area (Å²) in [7, 11) is 0. The van der Waals surface area contributed by atoms with E-state index in [1.165, 1.54) is 0 Å². The zero-order valence-corrected chi connectivity index (χ0v) is 9.98. The zero-order chi connectivity index (χ0) is 10.6. The molecule has 1 aromatic rings. The molecule has 0 saturated carbocycles. The molecule has 1 rings (SSSR count). The lowest BCUT2D eigenvalue weighted by Crippen LogP contribution is -2.19. The number of thioether (sulfide) groups is 1. The summed E-state index contributed by atoms with van der Waals surface area (Å²) in [6, 6.07) is 0.430. The molecule has 0 fully saturated rings. The predicted molar refractivity (Wildman–Crippen MR) is 63.0 cm³/mol. The van der Waals surface area contributed by atoms with Crippen molar-refractivity contribution in [2.24, 2.45) is 0 Å². The Balaban J connectivity index is 2.70. The molecular formula is C10H17N3S. The number of rotatable bonds is 4. The van der Waals surface area contributed by atoms with Crippen molar-refractivity contribution < 1.29 is 0 Å². The first-order chi connectivity index (χ1) is 6.63. The monoisotopic (exact) mass is 211 g/mol. The van der Waals surface area contributed by atoms with E-state index in [0.29, 0.717) is 6.04 Å². The van der Waals surface area contributed by atoms with Crippen LogP contribution in [-0.2, 0) is 0 Å². The molecule has 0 aliphatic carbocycles. The number of hydrogen-bond donors (Lipinski definition) is 1. The van der Waals surface area contributed by atoms with Crippen molar-refractivity contribution in [3.05, 3.63) is 17.6 Å². The molecule has 78 valence electrons. The highest BCUT2D eigenvalue weighted by molar-refractivity contribution is 7.98. The van der Waals surface area contributed by atoms with Gasteiger partial charge in [0.15, 0.2) is 0 Å². The van der Waals surface area contributed by atoms with Crippen molar-refractivity contribution >= 4 is 17.6 Å². The minimum atomic E-state index is 0.430. The third-order valence-electron chi connectivity index (χ3n) is 1.88. The van der Waals surface area contributed by atoms with Crippen LogP contribution in [0, 0.1) is 13.8 Å². The third-order valence-corrected chi connectivity index (χ3v) is 2.71. The first-order valence-corrected chi connectivity index (χ1v) is 6.08. The van der Waals surface area contributed by atoms with Crippen LogP contribution in [0.15, 0.2) is 6.20 Å². The Bertz CT molecular complexity index is 301. The lowest BCUT2D eigenvalue weighted by atomic mass is 10.3. The number of nitrogens with zero attached hydrogens (tertiary/aromatic N) is 2. The lowest BCUT2D eigenvalue weighted by Gasteiger charge is -2.14. The Labute approximate surface area is 89.7 Å². The van der Waals surface area contributed by atoms with Crippen LogP contribution in [0.4, 0.5) is 5.82 Å². The molecule has 1 unspecified atom stereocenters. The lowest BCUT2D eigenvalue weighted by molar-refractivity contribution is 0.887. The van der Waals surface area contributed by atoms with Gasteiger partial charge in [0.05, 0.1) is 11.4 Å². The molecule has 1 aromatic heterocycles. The van der Waals surface area contributed by atoms with E-state index in [1.807, 2.05) is 25.6 Å². The Hall–Kier alpha value is -0.770. The number of aryl methyl sites for hydroxylation is 2. The first kappa shape index (κ1) is 11.3. The molecular weight excluding hydrogens is 194 g/mol. The second kappa shape index (κ2) is 5.20. The maximum Gasteiger partial charge on any atom is 0.147 e. The SMILES string of the molecule is CSCC(C)Nc1nc(C)cnc1C. The van der Waals surface area contributed by atoms with E-state index < -0.39 is 0 Å². The maximum absolute atomic E-state index is 4.41. The van der Waals surface area contributed by atoms with Crippen LogP contribution in [0.5, 0.6) is 0 Å². The summed E-state index contributed by atoms with van der Waals surface area (Å²) < 4.78 is 0. The highest BCUT2D eigenvalue weighted by atomic mass is 32.2. The third kappa shape index (κ3) is 3.18. The van der Waals surface area contributed by atoms with E-state index in [1.54, 1.807) is 6.20 Å². The van der Waals surface area contributed by atoms with Gasteiger partial charge in [-0.1, -0.05) is 0 Å². The van der Waals surface area contributed by atoms with Crippen LogP contribution in [0.2, 0.25) is 0 Å². The van der Waals surface area contributed by atoms with Gasteiger partial charge in [0.1, 0.15) is 5.82 Å². The van der Waals surface area contributed by atoms with Gasteiger partial charge in [-0.2, -0.15) is 11.8 Å². The van der Waals surface area contributed by atoms with Crippen LogP contribution in [0.1, 0.15) is 18.3 Å². The van der Waals surface area contributed by atoms with Crippen LogP contribution in [0.25, 0.3) is 0 Å². The fourth-order valence-corrected chi connectivity index (χ4v) is 1.78. The van der Waals surface area contributed by atoms with E-state index in [-0.39, 0.29) is 0 Å². The number of hydrogen-bond acceptors (Lipinski definition) is 4. The zero-order valence-electron chi connectivity index (χ0n) is 9.16. The van der Waals surface area contributed by atoms with Gasteiger partial charge >= 0.3 is 0 Å². The summed E-state index contributed by atoms with van der Waals surface area (Å²) >= 11 is 1.83. The molecule has 0 spiro atoms. The van der Waals surface area contributed by atoms with Crippen molar-refractivity contribution in [1.82, 2.24) is 9.97 Å². The minimum absolute atomic E-state index is 0.430. The molecule has 1 N–H and O–H groups in total. The molecule has 0 aliphatic rings. The van der Waals surface area contributed by atoms with Crippen LogP contribution < -0.4 is 5.32 Å². The van der Waals surface area contributed by atoms with E-state index in [9.17, 15) is 0 Å². The average molecular weight is 211 g/mol. The second-order valence-electron chi connectivity index (χ2n) is 3.45. The summed E-state index contributed by atoms with van der Waals surface area (Å²) in [5, 5.41) is 3.36. The van der Waals surface area contributed by atoms with E-state index in [2.05, 4.69) is 28.5 Å². The van der Waals surface area contributed by atoms with Gasteiger partial charge in [0.25, 0.3) is 0 Å². The van der Waals surface area contributed by atoms with Gasteiger partial charge < -0.3 is 5.32 Å². The molecule has 1 atom stereocenters. The average Bonchev–Trinajstić information content (AvgIpc) is 2.12. The smallest absolute Gasteiger partial charge is 0.147 e. The van der Waals surface area contributed by atoms with Gasteiger partial charge in [-0.3, -0.25) is 4.98 Å². The number of nitrogens with one attached hydrogen (secondary N) is 1. The number of aromatic nitrogens is 2. The van der Waals surface area contributed by atoms with Crippen LogP contribution >= 0.6 is 11.8 Å². The standard InChI is InChI=1S/C10H17N3S/c1-7-5-11-9(3)10(12-7)13-8(2)6-14-4/h5,8H,6H2,1-4H3,(H,12,13). The summed E-state index contributed by atoms with van der Waals surface area (Å²) in [4.78, 5) is 8.67. The normalized spacial score (nSPS) is 12.6. The van der Waals surface area contributed by atoms with E-state index >= 15 is 0 Å². The van der Waals surface area contributed by atoms with Gasteiger partial charge in [0, 0.05) is 18.0 Å². The molecule has 0 amide bonds. The van der Waals surface area contributed by atoms with E-state index in [0.717, 1.165) is 23.0 Å². The molecule has 4 heteroatoms. The van der Waals surface area contributed by atoms with Crippen molar-refractivity contribution in [1.29, 1.82) is 0 Å². The van der Waals surface area contributed by atoms with Crippen LogP contribution in [-0.4, -0.2) is 28.0 Å². The topological polar surface area (TPSA) is 37.8 Å². The summed E-state index contributed by atoms with van der Waals surface area (Å²) in [6.45, 7) is 6.08.